The number of rotatable bonds is 8. The number of carboxylic acid groups (broad SMARTS) is 1. The highest BCUT2D eigenvalue weighted by atomic mass is 79.9. The van der Waals surface area contributed by atoms with Crippen LogP contribution in [0.4, 0.5) is 5.82 Å². The summed E-state index contributed by atoms with van der Waals surface area (Å²) in [5.74, 6) is -0.254. The fourth-order valence-corrected chi connectivity index (χ4v) is 4.31. The first-order chi connectivity index (χ1) is 17.2. The second-order valence-electron chi connectivity index (χ2n) is 8.91. The standard InChI is InChI=1S/C28H26BrN3O4/c1-18-13-14-20(27(34)35)15-22(18)32-16-24(29)30-25(26(32)33)31-28(2,3)21-11-7-8-12-23(21)36-17-19-9-5-4-6-10-19/h4-16H,17H2,1-3H3,(H,30,31)(H,34,35). The molecule has 0 amide bonds. The van der Waals surface area contributed by atoms with Gasteiger partial charge in [0.15, 0.2) is 5.82 Å². The highest BCUT2D eigenvalue weighted by Crippen LogP contribution is 2.32. The number of hydrogen-bond donors (Lipinski definition) is 2. The van der Waals surface area contributed by atoms with Gasteiger partial charge in [0.2, 0.25) is 0 Å². The van der Waals surface area contributed by atoms with Gasteiger partial charge >= 0.3 is 5.97 Å². The number of aromatic nitrogens is 2. The van der Waals surface area contributed by atoms with Crippen molar-refractivity contribution < 1.29 is 14.6 Å². The van der Waals surface area contributed by atoms with E-state index in [9.17, 15) is 14.7 Å². The molecule has 0 aliphatic rings. The monoisotopic (exact) mass is 547 g/mol. The van der Waals surface area contributed by atoms with Crippen molar-refractivity contribution in [3.8, 4) is 11.4 Å². The van der Waals surface area contributed by atoms with Crippen LogP contribution in [-0.4, -0.2) is 20.6 Å². The highest BCUT2D eigenvalue weighted by Gasteiger charge is 2.27. The Kier molecular flexibility index (Phi) is 7.26. The first kappa shape index (κ1) is 25.2. The Morgan fingerprint density at radius 2 is 1.78 bits per heavy atom. The van der Waals surface area contributed by atoms with E-state index in [0.717, 1.165) is 16.7 Å². The molecule has 0 spiro atoms. The van der Waals surface area contributed by atoms with Crippen LogP contribution in [0.3, 0.4) is 0 Å². The second kappa shape index (κ2) is 10.4. The molecule has 0 unspecified atom stereocenters. The number of hydrogen-bond acceptors (Lipinski definition) is 5. The Morgan fingerprint density at radius 1 is 1.08 bits per heavy atom. The summed E-state index contributed by atoms with van der Waals surface area (Å²) in [4.78, 5) is 29.4. The number of ether oxygens (including phenoxy) is 1. The van der Waals surface area contributed by atoms with Gasteiger partial charge in [-0.1, -0.05) is 54.6 Å². The second-order valence-corrected chi connectivity index (χ2v) is 9.73. The van der Waals surface area contributed by atoms with Crippen molar-refractivity contribution in [1.82, 2.24) is 9.55 Å². The van der Waals surface area contributed by atoms with E-state index in [1.54, 1.807) is 6.07 Å². The molecule has 2 N–H and O–H groups in total. The summed E-state index contributed by atoms with van der Waals surface area (Å²) >= 11 is 3.39. The van der Waals surface area contributed by atoms with E-state index in [1.165, 1.54) is 22.9 Å². The minimum Gasteiger partial charge on any atom is -0.489 e. The van der Waals surface area contributed by atoms with Gasteiger partial charge in [0.1, 0.15) is 17.0 Å². The summed E-state index contributed by atoms with van der Waals surface area (Å²) in [6, 6.07) is 22.2. The molecule has 0 saturated carbocycles. The number of halogens is 1. The molecule has 0 aliphatic heterocycles. The molecule has 1 aromatic heterocycles. The molecular weight excluding hydrogens is 522 g/mol. The number of benzene rings is 3. The van der Waals surface area contributed by atoms with Crippen molar-refractivity contribution in [3.05, 3.63) is 116 Å². The molecule has 184 valence electrons. The molecule has 0 radical (unpaired) electrons. The predicted molar refractivity (Wildman–Crippen MR) is 143 cm³/mol. The zero-order valence-electron chi connectivity index (χ0n) is 20.2. The van der Waals surface area contributed by atoms with Crippen molar-refractivity contribution >= 4 is 27.7 Å². The highest BCUT2D eigenvalue weighted by molar-refractivity contribution is 9.10. The molecule has 3 aromatic carbocycles. The van der Waals surface area contributed by atoms with Crippen LogP contribution in [0.25, 0.3) is 5.69 Å². The maximum absolute atomic E-state index is 13.5. The van der Waals surface area contributed by atoms with Crippen molar-refractivity contribution in [2.45, 2.75) is 32.9 Å². The quantitative estimate of drug-likeness (QED) is 0.284. The normalized spacial score (nSPS) is 11.2. The maximum Gasteiger partial charge on any atom is 0.335 e. The summed E-state index contributed by atoms with van der Waals surface area (Å²) in [5.41, 5.74) is 2.09. The van der Waals surface area contributed by atoms with Crippen LogP contribution in [0.15, 0.2) is 88.4 Å². The Hall–Kier alpha value is -3.91. The molecular formula is C28H26BrN3O4. The smallest absolute Gasteiger partial charge is 0.335 e. The Labute approximate surface area is 217 Å². The Morgan fingerprint density at radius 3 is 2.50 bits per heavy atom. The van der Waals surface area contributed by atoms with E-state index in [0.29, 0.717) is 22.6 Å². The lowest BCUT2D eigenvalue weighted by atomic mass is 9.93. The minimum atomic E-state index is -1.07. The molecule has 0 aliphatic carbocycles. The number of aromatic carboxylic acids is 1. The first-order valence-corrected chi connectivity index (χ1v) is 12.1. The van der Waals surface area contributed by atoms with E-state index in [4.69, 9.17) is 4.74 Å². The van der Waals surface area contributed by atoms with Crippen LogP contribution in [0, 0.1) is 6.92 Å². The van der Waals surface area contributed by atoms with Gasteiger partial charge in [0.05, 0.1) is 16.8 Å². The number of para-hydroxylation sites is 1. The topological polar surface area (TPSA) is 93.4 Å². The van der Waals surface area contributed by atoms with Crippen LogP contribution in [0.1, 0.15) is 40.9 Å². The van der Waals surface area contributed by atoms with Gasteiger partial charge in [-0.15, -0.1) is 0 Å². The lowest BCUT2D eigenvalue weighted by Crippen LogP contribution is -2.34. The molecule has 0 atom stereocenters. The SMILES string of the molecule is Cc1ccc(C(=O)O)cc1-n1cc(Br)nc(NC(C)(C)c2ccccc2OCc2ccccc2)c1=O. The maximum atomic E-state index is 13.5. The van der Waals surface area contributed by atoms with Gasteiger partial charge in [-0.3, -0.25) is 9.36 Å². The molecule has 7 nitrogen and oxygen atoms in total. The van der Waals surface area contributed by atoms with Crippen molar-refractivity contribution in [1.29, 1.82) is 0 Å². The minimum absolute atomic E-state index is 0.0924. The molecule has 4 aromatic rings. The number of nitrogens with one attached hydrogen (secondary N) is 1. The van der Waals surface area contributed by atoms with E-state index < -0.39 is 17.1 Å². The third-order valence-electron chi connectivity index (χ3n) is 5.82. The van der Waals surface area contributed by atoms with Gasteiger partial charge in [0, 0.05) is 11.8 Å². The van der Waals surface area contributed by atoms with Gasteiger partial charge in [-0.05, 0) is 66.0 Å². The summed E-state index contributed by atoms with van der Waals surface area (Å²) in [5, 5.41) is 12.7. The van der Waals surface area contributed by atoms with Crippen molar-refractivity contribution in [3.63, 3.8) is 0 Å². The van der Waals surface area contributed by atoms with E-state index in [-0.39, 0.29) is 11.4 Å². The number of carboxylic acids is 1. The molecule has 4 rings (SSSR count). The lowest BCUT2D eigenvalue weighted by Gasteiger charge is -2.29. The molecule has 0 bridgehead atoms. The largest absolute Gasteiger partial charge is 0.489 e. The fourth-order valence-electron chi connectivity index (χ4n) is 3.93. The van der Waals surface area contributed by atoms with Crippen molar-refractivity contribution in [2.24, 2.45) is 0 Å². The van der Waals surface area contributed by atoms with Gasteiger partial charge in [-0.25, -0.2) is 9.78 Å². The Balaban J connectivity index is 1.69. The summed E-state index contributed by atoms with van der Waals surface area (Å²) in [6.07, 6.45) is 1.53. The van der Waals surface area contributed by atoms with Crippen molar-refractivity contribution in [2.75, 3.05) is 5.32 Å². The van der Waals surface area contributed by atoms with Crippen LogP contribution < -0.4 is 15.6 Å². The number of nitrogens with zero attached hydrogens (tertiary/aromatic N) is 2. The van der Waals surface area contributed by atoms with Crippen LogP contribution >= 0.6 is 15.9 Å². The summed E-state index contributed by atoms with van der Waals surface area (Å²) < 4.78 is 7.96. The number of anilines is 1. The molecule has 0 fully saturated rings. The van der Waals surface area contributed by atoms with E-state index >= 15 is 0 Å². The van der Waals surface area contributed by atoms with Gasteiger partial charge in [0.25, 0.3) is 5.56 Å². The summed E-state index contributed by atoms with van der Waals surface area (Å²) in [6.45, 7) is 6.12. The van der Waals surface area contributed by atoms with Crippen LogP contribution in [-0.2, 0) is 12.1 Å². The summed E-state index contributed by atoms with van der Waals surface area (Å²) in [7, 11) is 0. The van der Waals surface area contributed by atoms with Crippen LogP contribution in [0.5, 0.6) is 5.75 Å². The predicted octanol–water partition coefficient (Wildman–Crippen LogP) is 5.93. The van der Waals surface area contributed by atoms with Crippen LogP contribution in [0.2, 0.25) is 0 Å². The number of aryl methyl sites for hydroxylation is 1. The third kappa shape index (κ3) is 5.49. The molecule has 0 saturated heterocycles. The Bertz CT molecular complexity index is 1470. The van der Waals surface area contributed by atoms with E-state index in [1.807, 2.05) is 75.4 Å². The zero-order chi connectivity index (χ0) is 25.9. The number of carbonyl (C=O) groups is 1. The lowest BCUT2D eigenvalue weighted by molar-refractivity contribution is 0.0697. The molecule has 36 heavy (non-hydrogen) atoms. The average molecular weight is 548 g/mol. The fraction of sp³-hybridized carbons (Fsp3) is 0.179. The molecule has 1 heterocycles. The third-order valence-corrected chi connectivity index (χ3v) is 6.20. The zero-order valence-corrected chi connectivity index (χ0v) is 21.7. The van der Waals surface area contributed by atoms with Gasteiger partial charge in [-0.2, -0.15) is 0 Å². The average Bonchev–Trinajstić information content (AvgIpc) is 2.85. The first-order valence-electron chi connectivity index (χ1n) is 11.3. The molecule has 8 heteroatoms. The van der Waals surface area contributed by atoms with Gasteiger partial charge < -0.3 is 15.2 Å². The van der Waals surface area contributed by atoms with E-state index in [2.05, 4.69) is 26.2 Å².